The van der Waals surface area contributed by atoms with Gasteiger partial charge in [-0.25, -0.2) is 4.99 Å². The molecule has 2 rings (SSSR count). The zero-order valence-electron chi connectivity index (χ0n) is 15.6. The Kier molecular flexibility index (Phi) is 11.6. The molecule has 0 unspecified atom stereocenters. The maximum Gasteiger partial charge on any atom is 0.191 e. The first-order valence-electron chi connectivity index (χ1n) is 8.90. The van der Waals surface area contributed by atoms with E-state index in [9.17, 15) is 0 Å². The van der Waals surface area contributed by atoms with Crippen molar-refractivity contribution in [3.63, 3.8) is 0 Å². The first kappa shape index (κ1) is 22.4. The number of hydrogen-bond donors (Lipinski definition) is 2. The fourth-order valence-electron chi connectivity index (χ4n) is 2.36. The standard InChI is InChI=1S/C20H28N4O.HI/c1-3-13-25-16-18-10-6-5-9-17(18)14-23-20(21-4-2)24-15-19-11-7-8-12-22-19;/h5-12H,3-4,13-16H2,1-2H3,(H2,21,23,24);1H. The number of nitrogens with zero attached hydrogens (tertiary/aromatic N) is 2. The number of aliphatic imine (C=N–C) groups is 1. The van der Waals surface area contributed by atoms with Gasteiger partial charge in [0.2, 0.25) is 0 Å². The lowest BCUT2D eigenvalue weighted by Gasteiger charge is -2.12. The second kappa shape index (κ2) is 13.5. The van der Waals surface area contributed by atoms with Crippen molar-refractivity contribution in [2.75, 3.05) is 13.2 Å². The van der Waals surface area contributed by atoms with Crippen LogP contribution in [0, 0.1) is 0 Å². The van der Waals surface area contributed by atoms with Crippen LogP contribution in [-0.4, -0.2) is 24.1 Å². The van der Waals surface area contributed by atoms with Gasteiger partial charge in [0.25, 0.3) is 0 Å². The fraction of sp³-hybridized carbons (Fsp3) is 0.400. The summed E-state index contributed by atoms with van der Waals surface area (Å²) < 4.78 is 5.68. The van der Waals surface area contributed by atoms with Crippen LogP contribution >= 0.6 is 24.0 Å². The predicted octanol–water partition coefficient (Wildman–Crippen LogP) is 3.88. The van der Waals surface area contributed by atoms with Crippen molar-refractivity contribution in [3.8, 4) is 0 Å². The van der Waals surface area contributed by atoms with E-state index in [1.54, 1.807) is 6.20 Å². The number of nitrogens with one attached hydrogen (secondary N) is 2. The summed E-state index contributed by atoms with van der Waals surface area (Å²) in [6.45, 7) is 7.67. The third-order valence-corrected chi connectivity index (χ3v) is 3.64. The molecule has 2 N–H and O–H groups in total. The van der Waals surface area contributed by atoms with Gasteiger partial charge in [0.1, 0.15) is 0 Å². The van der Waals surface area contributed by atoms with Crippen molar-refractivity contribution in [1.29, 1.82) is 0 Å². The summed E-state index contributed by atoms with van der Waals surface area (Å²) in [7, 11) is 0. The monoisotopic (exact) mass is 468 g/mol. The van der Waals surface area contributed by atoms with Crippen LogP contribution < -0.4 is 10.6 Å². The largest absolute Gasteiger partial charge is 0.377 e. The maximum atomic E-state index is 5.68. The zero-order chi connectivity index (χ0) is 17.7. The number of pyridine rings is 1. The molecule has 0 aliphatic rings. The quantitative estimate of drug-likeness (QED) is 0.254. The first-order chi connectivity index (χ1) is 12.3. The predicted molar refractivity (Wildman–Crippen MR) is 118 cm³/mol. The Morgan fingerprint density at radius 3 is 2.50 bits per heavy atom. The molecule has 26 heavy (non-hydrogen) atoms. The number of guanidine groups is 1. The number of benzene rings is 1. The molecule has 0 aliphatic carbocycles. The summed E-state index contributed by atoms with van der Waals surface area (Å²) in [5.74, 6) is 0.789. The normalized spacial score (nSPS) is 10.9. The molecule has 0 atom stereocenters. The molecule has 0 amide bonds. The van der Waals surface area contributed by atoms with Crippen LogP contribution in [0.25, 0.3) is 0 Å². The van der Waals surface area contributed by atoms with Crippen LogP contribution in [0.4, 0.5) is 0 Å². The Balaban J connectivity index is 0.00000338. The molecule has 5 nitrogen and oxygen atoms in total. The number of halogens is 1. The second-order valence-corrected chi connectivity index (χ2v) is 5.69. The van der Waals surface area contributed by atoms with E-state index in [0.717, 1.165) is 31.2 Å². The molecule has 1 heterocycles. The van der Waals surface area contributed by atoms with Gasteiger partial charge in [0, 0.05) is 19.3 Å². The van der Waals surface area contributed by atoms with E-state index in [0.29, 0.717) is 19.7 Å². The van der Waals surface area contributed by atoms with Crippen molar-refractivity contribution in [3.05, 3.63) is 65.5 Å². The maximum absolute atomic E-state index is 5.68. The summed E-state index contributed by atoms with van der Waals surface area (Å²) in [5.41, 5.74) is 3.37. The highest BCUT2D eigenvalue weighted by atomic mass is 127. The summed E-state index contributed by atoms with van der Waals surface area (Å²) in [6.07, 6.45) is 2.83. The highest BCUT2D eigenvalue weighted by Gasteiger charge is 2.03. The first-order valence-corrected chi connectivity index (χ1v) is 8.90. The van der Waals surface area contributed by atoms with Crippen molar-refractivity contribution >= 4 is 29.9 Å². The highest BCUT2D eigenvalue weighted by molar-refractivity contribution is 14.0. The topological polar surface area (TPSA) is 58.5 Å². The van der Waals surface area contributed by atoms with Gasteiger partial charge in [-0.05, 0) is 36.6 Å². The van der Waals surface area contributed by atoms with Crippen LogP contribution in [-0.2, 0) is 24.4 Å². The fourth-order valence-corrected chi connectivity index (χ4v) is 2.36. The molecule has 1 aromatic carbocycles. The Morgan fingerprint density at radius 2 is 1.81 bits per heavy atom. The van der Waals surface area contributed by atoms with Crippen LogP contribution in [0.15, 0.2) is 53.7 Å². The van der Waals surface area contributed by atoms with E-state index in [1.165, 1.54) is 11.1 Å². The van der Waals surface area contributed by atoms with Crippen molar-refractivity contribution in [1.82, 2.24) is 15.6 Å². The minimum Gasteiger partial charge on any atom is -0.377 e. The molecule has 0 bridgehead atoms. The van der Waals surface area contributed by atoms with Gasteiger partial charge in [-0.2, -0.15) is 0 Å². The number of aromatic nitrogens is 1. The van der Waals surface area contributed by atoms with E-state index in [2.05, 4.69) is 41.6 Å². The molecular formula is C20H29IN4O. The summed E-state index contributed by atoms with van der Waals surface area (Å²) in [4.78, 5) is 9.02. The lowest BCUT2D eigenvalue weighted by atomic mass is 10.1. The Hall–Kier alpha value is -1.67. The molecule has 0 spiro atoms. The lowest BCUT2D eigenvalue weighted by Crippen LogP contribution is -2.37. The Morgan fingerprint density at radius 1 is 1.04 bits per heavy atom. The van der Waals surface area contributed by atoms with E-state index >= 15 is 0 Å². The SMILES string of the molecule is CCCOCc1ccccc1CN=C(NCC)NCc1ccccn1.I. The Bertz CT molecular complexity index is 649. The third kappa shape index (κ3) is 8.14. The highest BCUT2D eigenvalue weighted by Crippen LogP contribution is 2.11. The van der Waals surface area contributed by atoms with E-state index < -0.39 is 0 Å². The molecule has 0 radical (unpaired) electrons. The van der Waals surface area contributed by atoms with Crippen LogP contribution in [0.5, 0.6) is 0 Å². The molecule has 6 heteroatoms. The molecule has 0 fully saturated rings. The zero-order valence-corrected chi connectivity index (χ0v) is 17.9. The van der Waals surface area contributed by atoms with Gasteiger partial charge >= 0.3 is 0 Å². The molecule has 142 valence electrons. The van der Waals surface area contributed by atoms with Gasteiger partial charge in [-0.1, -0.05) is 37.3 Å². The average Bonchev–Trinajstić information content (AvgIpc) is 2.66. The molecular weight excluding hydrogens is 439 g/mol. The molecule has 0 saturated heterocycles. The summed E-state index contributed by atoms with van der Waals surface area (Å²) in [6, 6.07) is 14.2. The molecule has 0 saturated carbocycles. The number of rotatable bonds is 9. The lowest BCUT2D eigenvalue weighted by molar-refractivity contribution is 0.121. The van der Waals surface area contributed by atoms with Gasteiger partial charge in [-0.3, -0.25) is 4.98 Å². The van der Waals surface area contributed by atoms with Crippen LogP contribution in [0.3, 0.4) is 0 Å². The van der Waals surface area contributed by atoms with Gasteiger partial charge in [-0.15, -0.1) is 24.0 Å². The van der Waals surface area contributed by atoms with Crippen LogP contribution in [0.1, 0.15) is 37.1 Å². The minimum atomic E-state index is 0. The minimum absolute atomic E-state index is 0. The third-order valence-electron chi connectivity index (χ3n) is 3.64. The molecule has 0 aliphatic heterocycles. The summed E-state index contributed by atoms with van der Waals surface area (Å²) in [5, 5.41) is 6.60. The Labute approximate surface area is 173 Å². The second-order valence-electron chi connectivity index (χ2n) is 5.69. The summed E-state index contributed by atoms with van der Waals surface area (Å²) >= 11 is 0. The average molecular weight is 468 g/mol. The van der Waals surface area contributed by atoms with Gasteiger partial charge in [0.15, 0.2) is 5.96 Å². The van der Waals surface area contributed by atoms with Crippen LogP contribution in [0.2, 0.25) is 0 Å². The smallest absolute Gasteiger partial charge is 0.191 e. The van der Waals surface area contributed by atoms with Crippen molar-refractivity contribution in [2.24, 2.45) is 4.99 Å². The number of ether oxygens (including phenoxy) is 1. The van der Waals surface area contributed by atoms with Crippen molar-refractivity contribution < 1.29 is 4.74 Å². The van der Waals surface area contributed by atoms with Gasteiger partial charge < -0.3 is 15.4 Å². The van der Waals surface area contributed by atoms with E-state index in [-0.39, 0.29) is 24.0 Å². The van der Waals surface area contributed by atoms with E-state index in [1.807, 2.05) is 30.3 Å². The van der Waals surface area contributed by atoms with E-state index in [4.69, 9.17) is 9.73 Å². The molecule has 1 aromatic heterocycles. The molecule has 2 aromatic rings. The van der Waals surface area contributed by atoms with Crippen molar-refractivity contribution in [2.45, 2.75) is 40.0 Å². The number of hydrogen-bond acceptors (Lipinski definition) is 3. The van der Waals surface area contributed by atoms with Gasteiger partial charge in [0.05, 0.1) is 25.4 Å².